The Hall–Kier alpha value is -2.30. The Morgan fingerprint density at radius 1 is 1.32 bits per heavy atom. The maximum absolute atomic E-state index is 12.4. The summed E-state index contributed by atoms with van der Waals surface area (Å²) in [5.41, 5.74) is 6.93. The van der Waals surface area contributed by atoms with Gasteiger partial charge >= 0.3 is 0 Å². The van der Waals surface area contributed by atoms with E-state index in [1.807, 2.05) is 24.4 Å². The molecular formula is C14H15N3O2. The third-order valence-electron chi connectivity index (χ3n) is 3.64. The van der Waals surface area contributed by atoms with Gasteiger partial charge in [0.25, 0.3) is 5.91 Å². The Kier molecular flexibility index (Phi) is 2.74. The van der Waals surface area contributed by atoms with Gasteiger partial charge in [-0.05, 0) is 37.1 Å². The van der Waals surface area contributed by atoms with Gasteiger partial charge in [-0.15, -0.1) is 0 Å². The molecule has 1 aliphatic heterocycles. The van der Waals surface area contributed by atoms with Crippen molar-refractivity contribution in [3.05, 3.63) is 36.0 Å². The van der Waals surface area contributed by atoms with E-state index in [1.54, 1.807) is 11.0 Å². The first-order valence-electron chi connectivity index (χ1n) is 6.34. The van der Waals surface area contributed by atoms with Crippen molar-refractivity contribution >= 4 is 22.7 Å². The van der Waals surface area contributed by atoms with E-state index in [1.165, 1.54) is 0 Å². The second kappa shape index (κ2) is 4.42. The van der Waals surface area contributed by atoms with Gasteiger partial charge in [0.15, 0.2) is 0 Å². The fourth-order valence-electron chi connectivity index (χ4n) is 2.66. The van der Waals surface area contributed by atoms with Gasteiger partial charge in [-0.1, -0.05) is 0 Å². The monoisotopic (exact) mass is 257 g/mol. The predicted molar refractivity (Wildman–Crippen MR) is 71.6 cm³/mol. The van der Waals surface area contributed by atoms with Gasteiger partial charge in [-0.3, -0.25) is 9.59 Å². The van der Waals surface area contributed by atoms with Gasteiger partial charge in [0.1, 0.15) is 6.04 Å². The topological polar surface area (TPSA) is 79.2 Å². The average molecular weight is 257 g/mol. The maximum atomic E-state index is 12.4. The van der Waals surface area contributed by atoms with Crippen LogP contribution in [0.3, 0.4) is 0 Å². The lowest BCUT2D eigenvalue weighted by molar-refractivity contribution is -0.121. The number of nitrogens with one attached hydrogen (secondary N) is 1. The molecule has 1 atom stereocenters. The molecule has 2 aromatic rings. The number of aromatic nitrogens is 1. The van der Waals surface area contributed by atoms with E-state index in [0.29, 0.717) is 18.5 Å². The molecule has 5 heteroatoms. The summed E-state index contributed by atoms with van der Waals surface area (Å²) in [6.45, 7) is 0.595. The van der Waals surface area contributed by atoms with E-state index in [9.17, 15) is 9.59 Å². The second-order valence-electron chi connectivity index (χ2n) is 4.84. The fourth-order valence-corrected chi connectivity index (χ4v) is 2.66. The van der Waals surface area contributed by atoms with Crippen molar-refractivity contribution in [3.8, 4) is 0 Å². The quantitative estimate of drug-likeness (QED) is 0.849. The highest BCUT2D eigenvalue weighted by atomic mass is 16.2. The first-order chi connectivity index (χ1) is 9.16. The van der Waals surface area contributed by atoms with Crippen LogP contribution in [0.25, 0.3) is 10.9 Å². The van der Waals surface area contributed by atoms with Crippen molar-refractivity contribution in [2.75, 3.05) is 6.54 Å². The van der Waals surface area contributed by atoms with Gasteiger partial charge in [-0.2, -0.15) is 0 Å². The smallest absolute Gasteiger partial charge is 0.254 e. The number of nitrogens with zero attached hydrogens (tertiary/aromatic N) is 1. The van der Waals surface area contributed by atoms with Gasteiger partial charge in [-0.25, -0.2) is 0 Å². The van der Waals surface area contributed by atoms with Crippen LogP contribution in [-0.2, 0) is 4.79 Å². The lowest BCUT2D eigenvalue weighted by Crippen LogP contribution is -2.43. The molecule has 1 fully saturated rings. The molecule has 98 valence electrons. The van der Waals surface area contributed by atoms with Crippen molar-refractivity contribution in [2.24, 2.45) is 5.73 Å². The average Bonchev–Trinajstić information content (AvgIpc) is 3.05. The lowest BCUT2D eigenvalue weighted by atomic mass is 10.1. The Morgan fingerprint density at radius 3 is 2.95 bits per heavy atom. The molecule has 2 heterocycles. The van der Waals surface area contributed by atoms with Gasteiger partial charge in [0.2, 0.25) is 5.91 Å². The largest absolute Gasteiger partial charge is 0.368 e. The first kappa shape index (κ1) is 11.8. The van der Waals surface area contributed by atoms with Gasteiger partial charge in [0, 0.05) is 29.2 Å². The van der Waals surface area contributed by atoms with Crippen LogP contribution in [0.4, 0.5) is 0 Å². The van der Waals surface area contributed by atoms with E-state index in [4.69, 9.17) is 5.73 Å². The molecule has 0 spiro atoms. The number of fused-ring (bicyclic) bond motifs is 1. The fraction of sp³-hybridized carbons (Fsp3) is 0.286. The van der Waals surface area contributed by atoms with Gasteiger partial charge in [0.05, 0.1) is 0 Å². The lowest BCUT2D eigenvalue weighted by Gasteiger charge is -2.22. The molecule has 3 N–H and O–H groups in total. The molecule has 2 amide bonds. The standard InChI is InChI=1S/C14H15N3O2/c15-13(18)12-2-1-7-17(12)14(19)10-3-4-11-9(8-10)5-6-16-11/h3-6,8,12,16H,1-2,7H2,(H2,15,18). The number of carbonyl (C=O) groups excluding carboxylic acids is 2. The zero-order valence-electron chi connectivity index (χ0n) is 10.4. The van der Waals surface area contributed by atoms with Crippen LogP contribution in [0.15, 0.2) is 30.5 Å². The number of likely N-dealkylation sites (tertiary alicyclic amines) is 1. The van der Waals surface area contributed by atoms with E-state index < -0.39 is 11.9 Å². The Morgan fingerprint density at radius 2 is 2.16 bits per heavy atom. The van der Waals surface area contributed by atoms with E-state index in [2.05, 4.69) is 4.98 Å². The number of hydrogen-bond acceptors (Lipinski definition) is 2. The number of primary amides is 1. The number of benzene rings is 1. The van der Waals surface area contributed by atoms with Gasteiger partial charge < -0.3 is 15.6 Å². The van der Waals surface area contributed by atoms with Crippen molar-refractivity contribution in [1.29, 1.82) is 0 Å². The summed E-state index contributed by atoms with van der Waals surface area (Å²) in [6, 6.07) is 6.94. The Balaban J connectivity index is 1.92. The first-order valence-corrected chi connectivity index (χ1v) is 6.34. The Labute approximate surface area is 110 Å². The van der Waals surface area contributed by atoms with Crippen LogP contribution in [0, 0.1) is 0 Å². The number of H-pyrrole nitrogens is 1. The summed E-state index contributed by atoms with van der Waals surface area (Å²) in [6.07, 6.45) is 3.32. The molecule has 0 radical (unpaired) electrons. The highest BCUT2D eigenvalue weighted by Gasteiger charge is 2.33. The maximum Gasteiger partial charge on any atom is 0.254 e. The summed E-state index contributed by atoms with van der Waals surface area (Å²) >= 11 is 0. The van der Waals surface area contributed by atoms with E-state index in [0.717, 1.165) is 17.3 Å². The normalized spacial score (nSPS) is 18.9. The number of amides is 2. The van der Waals surface area contributed by atoms with Crippen molar-refractivity contribution in [1.82, 2.24) is 9.88 Å². The summed E-state index contributed by atoms with van der Waals surface area (Å²) in [5, 5.41) is 0.987. The molecule has 5 nitrogen and oxygen atoms in total. The molecular weight excluding hydrogens is 242 g/mol. The van der Waals surface area contributed by atoms with E-state index in [-0.39, 0.29) is 5.91 Å². The molecule has 0 aliphatic carbocycles. The van der Waals surface area contributed by atoms with Crippen molar-refractivity contribution in [3.63, 3.8) is 0 Å². The summed E-state index contributed by atoms with van der Waals surface area (Å²) in [7, 11) is 0. The van der Waals surface area contributed by atoms with Crippen LogP contribution >= 0.6 is 0 Å². The summed E-state index contributed by atoms with van der Waals surface area (Å²) in [4.78, 5) is 28.4. The molecule has 1 unspecified atom stereocenters. The zero-order valence-corrected chi connectivity index (χ0v) is 10.4. The SMILES string of the molecule is NC(=O)C1CCCN1C(=O)c1ccc2[nH]ccc2c1. The van der Waals surface area contributed by atoms with Crippen LogP contribution < -0.4 is 5.73 Å². The summed E-state index contributed by atoms with van der Waals surface area (Å²) in [5.74, 6) is -0.544. The number of rotatable bonds is 2. The van der Waals surface area contributed by atoms with Crippen LogP contribution in [0.1, 0.15) is 23.2 Å². The van der Waals surface area contributed by atoms with Crippen LogP contribution in [0.2, 0.25) is 0 Å². The van der Waals surface area contributed by atoms with Crippen LogP contribution in [0.5, 0.6) is 0 Å². The molecule has 1 aromatic heterocycles. The zero-order chi connectivity index (χ0) is 13.4. The molecule has 19 heavy (non-hydrogen) atoms. The molecule has 1 aliphatic rings. The van der Waals surface area contributed by atoms with Crippen LogP contribution in [-0.4, -0.2) is 34.3 Å². The summed E-state index contributed by atoms with van der Waals surface area (Å²) < 4.78 is 0. The number of aromatic amines is 1. The molecule has 3 rings (SSSR count). The number of carbonyl (C=O) groups is 2. The van der Waals surface area contributed by atoms with Crippen molar-refractivity contribution in [2.45, 2.75) is 18.9 Å². The minimum atomic E-state index is -0.463. The third kappa shape index (κ3) is 1.97. The third-order valence-corrected chi connectivity index (χ3v) is 3.64. The molecule has 0 bridgehead atoms. The highest BCUT2D eigenvalue weighted by molar-refractivity contribution is 6.00. The molecule has 0 saturated carbocycles. The predicted octanol–water partition coefficient (Wildman–Crippen LogP) is 1.26. The minimum Gasteiger partial charge on any atom is -0.368 e. The highest BCUT2D eigenvalue weighted by Crippen LogP contribution is 2.22. The van der Waals surface area contributed by atoms with E-state index >= 15 is 0 Å². The minimum absolute atomic E-state index is 0.121. The molecule has 1 aromatic carbocycles. The Bertz CT molecular complexity index is 647. The number of hydrogen-bond donors (Lipinski definition) is 2. The number of nitrogens with two attached hydrogens (primary N) is 1. The molecule has 1 saturated heterocycles. The van der Waals surface area contributed by atoms with Crippen molar-refractivity contribution < 1.29 is 9.59 Å². The second-order valence-corrected chi connectivity index (χ2v) is 4.84.